The zero-order chi connectivity index (χ0) is 30.3. The average Bonchev–Trinajstić information content (AvgIpc) is 2.99. The standard InChI is InChI=1S/C27H30O15/c28-8-15-19(31)22(34)24(36)26(41-15)38-9-16-20(32)23(35)25(37)27(42-16)40-14-7-13-17(21(33)18(14)30)11(29)6-12(39-13)10-4-2-1-3-5-10/h1-7,15-16,19-20,22-28,30-37H,8-9H2/t15?,16-,19-,20-,22+,23+,24-,25-,26-,27-/m1/s1. The van der Waals surface area contributed by atoms with Crippen molar-refractivity contribution in [2.24, 2.45) is 0 Å². The van der Waals surface area contributed by atoms with Crippen LogP contribution in [0.3, 0.4) is 0 Å². The molecule has 0 radical (unpaired) electrons. The highest BCUT2D eigenvalue weighted by atomic mass is 16.7. The molecule has 2 aliphatic rings. The molecule has 3 heterocycles. The molecule has 15 heteroatoms. The number of ether oxygens (including phenoxy) is 4. The minimum atomic E-state index is -1.89. The molecule has 228 valence electrons. The highest BCUT2D eigenvalue weighted by Crippen LogP contribution is 2.42. The van der Waals surface area contributed by atoms with Crippen molar-refractivity contribution in [3.63, 3.8) is 0 Å². The summed E-state index contributed by atoms with van der Waals surface area (Å²) in [6.45, 7) is -1.32. The van der Waals surface area contributed by atoms with E-state index in [1.165, 1.54) is 0 Å². The minimum absolute atomic E-state index is 0.155. The molecule has 2 saturated heterocycles. The second-order valence-corrected chi connectivity index (χ2v) is 9.95. The maximum Gasteiger partial charge on any atom is 0.229 e. The smallest absolute Gasteiger partial charge is 0.229 e. The molecule has 15 nitrogen and oxygen atoms in total. The third kappa shape index (κ3) is 5.55. The SMILES string of the molecule is O=c1cc(-c2ccccc2)oc2cc(O[C@@H]3O[C@H](CO[C@@H]4OC(CO)[C@@H](O)[C@H](O)[C@H]4O)[C@@H](O)[C@H](O)[C@H]3O)c(O)c(O)c12. The Balaban J connectivity index is 1.37. The van der Waals surface area contributed by atoms with Gasteiger partial charge in [0.1, 0.15) is 65.6 Å². The zero-order valence-corrected chi connectivity index (χ0v) is 21.7. The molecule has 2 aromatic carbocycles. The molecule has 0 bridgehead atoms. The maximum atomic E-state index is 12.7. The number of rotatable bonds is 7. The molecule has 5 rings (SSSR count). The summed E-state index contributed by atoms with van der Waals surface area (Å²) in [4.78, 5) is 12.7. The summed E-state index contributed by atoms with van der Waals surface area (Å²) in [6.07, 6.45) is -16.7. The van der Waals surface area contributed by atoms with Gasteiger partial charge >= 0.3 is 0 Å². The van der Waals surface area contributed by atoms with Gasteiger partial charge in [0.2, 0.25) is 12.0 Å². The van der Waals surface area contributed by atoms with E-state index in [0.29, 0.717) is 5.56 Å². The predicted molar refractivity (Wildman–Crippen MR) is 138 cm³/mol. The summed E-state index contributed by atoms with van der Waals surface area (Å²) in [6, 6.07) is 10.8. The first-order chi connectivity index (χ1) is 20.0. The first-order valence-electron chi connectivity index (χ1n) is 12.9. The lowest BCUT2D eigenvalue weighted by Crippen LogP contribution is -2.62. The van der Waals surface area contributed by atoms with E-state index < -0.39 is 97.3 Å². The molecule has 1 aromatic heterocycles. The molecule has 0 saturated carbocycles. The summed E-state index contributed by atoms with van der Waals surface area (Å²) in [5.74, 6) is -2.12. The number of fused-ring (bicyclic) bond motifs is 1. The first-order valence-corrected chi connectivity index (χ1v) is 12.9. The van der Waals surface area contributed by atoms with Crippen LogP contribution >= 0.6 is 0 Å². The Morgan fingerprint density at radius 1 is 0.738 bits per heavy atom. The lowest BCUT2D eigenvalue weighted by Gasteiger charge is -2.42. The highest BCUT2D eigenvalue weighted by molar-refractivity contribution is 5.89. The molecule has 3 aromatic rings. The topological polar surface area (TPSA) is 249 Å². The Morgan fingerprint density at radius 3 is 2.02 bits per heavy atom. The van der Waals surface area contributed by atoms with Crippen molar-refractivity contribution in [2.75, 3.05) is 13.2 Å². The van der Waals surface area contributed by atoms with Gasteiger partial charge in [-0.1, -0.05) is 30.3 Å². The van der Waals surface area contributed by atoms with Crippen molar-refractivity contribution < 1.29 is 69.3 Å². The van der Waals surface area contributed by atoms with Gasteiger partial charge in [-0.25, -0.2) is 0 Å². The average molecular weight is 595 g/mol. The maximum absolute atomic E-state index is 12.7. The molecule has 1 unspecified atom stereocenters. The van der Waals surface area contributed by atoms with Gasteiger partial charge in [0.25, 0.3) is 0 Å². The molecule has 0 amide bonds. The van der Waals surface area contributed by atoms with Crippen LogP contribution in [0.4, 0.5) is 0 Å². The van der Waals surface area contributed by atoms with Crippen LogP contribution in [0, 0.1) is 0 Å². The van der Waals surface area contributed by atoms with Crippen LogP contribution in [0.25, 0.3) is 22.3 Å². The Morgan fingerprint density at radius 2 is 1.36 bits per heavy atom. The summed E-state index contributed by atoms with van der Waals surface area (Å²) in [5.41, 5.74) is -0.288. The molecular weight excluding hydrogens is 564 g/mol. The molecule has 42 heavy (non-hydrogen) atoms. The Hall–Kier alpha value is -3.35. The van der Waals surface area contributed by atoms with Crippen LogP contribution in [-0.2, 0) is 14.2 Å². The van der Waals surface area contributed by atoms with Gasteiger partial charge in [-0.05, 0) is 0 Å². The largest absolute Gasteiger partial charge is 0.504 e. The van der Waals surface area contributed by atoms with E-state index >= 15 is 0 Å². The fraction of sp³-hybridized carbons (Fsp3) is 0.444. The summed E-state index contributed by atoms with van der Waals surface area (Å²) < 4.78 is 27.5. The van der Waals surface area contributed by atoms with Crippen molar-refractivity contribution in [3.8, 4) is 28.6 Å². The minimum Gasteiger partial charge on any atom is -0.504 e. The van der Waals surface area contributed by atoms with Crippen LogP contribution in [0.15, 0.2) is 51.7 Å². The van der Waals surface area contributed by atoms with Gasteiger partial charge < -0.3 is 69.3 Å². The fourth-order valence-electron chi connectivity index (χ4n) is 4.78. The van der Waals surface area contributed by atoms with E-state index in [9.17, 15) is 50.8 Å². The normalized spacial score (nSPS) is 33.5. The van der Waals surface area contributed by atoms with Crippen LogP contribution in [0.2, 0.25) is 0 Å². The van der Waals surface area contributed by atoms with Crippen LogP contribution in [-0.4, -0.2) is 121 Å². The number of aliphatic hydroxyl groups excluding tert-OH is 7. The second-order valence-electron chi connectivity index (χ2n) is 9.95. The number of aromatic hydroxyl groups is 2. The van der Waals surface area contributed by atoms with Crippen LogP contribution in [0.1, 0.15) is 0 Å². The number of hydrogen-bond donors (Lipinski definition) is 9. The number of hydrogen-bond acceptors (Lipinski definition) is 15. The third-order valence-corrected chi connectivity index (χ3v) is 7.17. The van der Waals surface area contributed by atoms with E-state index in [1.807, 2.05) is 0 Å². The molecule has 0 aliphatic carbocycles. The van der Waals surface area contributed by atoms with Gasteiger partial charge in [-0.3, -0.25) is 4.79 Å². The summed E-state index contributed by atoms with van der Waals surface area (Å²) in [7, 11) is 0. The molecular formula is C27H30O15. The quantitative estimate of drug-likeness (QED) is 0.133. The van der Waals surface area contributed by atoms with Gasteiger partial charge in [0, 0.05) is 17.7 Å². The first kappa shape index (κ1) is 30.1. The fourth-order valence-corrected chi connectivity index (χ4v) is 4.78. The van der Waals surface area contributed by atoms with Crippen molar-refractivity contribution in [2.45, 2.75) is 61.4 Å². The molecule has 9 N–H and O–H groups in total. The number of phenolic OH excluding ortho intramolecular Hbond substituents is 2. The monoisotopic (exact) mass is 594 g/mol. The predicted octanol–water partition coefficient (Wildman–Crippen LogP) is -2.13. The molecule has 2 fully saturated rings. The second kappa shape index (κ2) is 12.1. The Kier molecular flexibility index (Phi) is 8.68. The van der Waals surface area contributed by atoms with E-state index in [1.54, 1.807) is 30.3 Å². The number of phenols is 2. The summed E-state index contributed by atoms with van der Waals surface area (Å²) in [5, 5.41) is 91.6. The van der Waals surface area contributed by atoms with Gasteiger partial charge in [-0.2, -0.15) is 0 Å². The van der Waals surface area contributed by atoms with E-state index in [-0.39, 0.29) is 16.7 Å². The zero-order valence-electron chi connectivity index (χ0n) is 21.7. The van der Waals surface area contributed by atoms with Crippen molar-refractivity contribution >= 4 is 11.0 Å². The third-order valence-electron chi connectivity index (χ3n) is 7.17. The lowest BCUT2D eigenvalue weighted by atomic mass is 9.98. The van der Waals surface area contributed by atoms with E-state index in [4.69, 9.17) is 23.4 Å². The van der Waals surface area contributed by atoms with Crippen molar-refractivity contribution in [1.82, 2.24) is 0 Å². The molecule has 10 atom stereocenters. The van der Waals surface area contributed by atoms with Gasteiger partial charge in [-0.15, -0.1) is 0 Å². The van der Waals surface area contributed by atoms with Crippen molar-refractivity contribution in [1.29, 1.82) is 0 Å². The van der Waals surface area contributed by atoms with E-state index in [2.05, 4.69) is 0 Å². The van der Waals surface area contributed by atoms with E-state index in [0.717, 1.165) is 12.1 Å². The number of aliphatic hydroxyl groups is 7. The van der Waals surface area contributed by atoms with Gasteiger partial charge in [0.15, 0.2) is 23.2 Å². The molecule has 0 spiro atoms. The number of benzene rings is 2. The Labute approximate surface area is 236 Å². The van der Waals surface area contributed by atoms with Crippen LogP contribution < -0.4 is 10.2 Å². The Bertz CT molecular complexity index is 1440. The highest BCUT2D eigenvalue weighted by Gasteiger charge is 2.48. The van der Waals surface area contributed by atoms with Gasteiger partial charge in [0.05, 0.1) is 13.2 Å². The van der Waals surface area contributed by atoms with Crippen LogP contribution in [0.5, 0.6) is 17.2 Å². The lowest BCUT2D eigenvalue weighted by molar-refractivity contribution is -0.323. The summed E-state index contributed by atoms with van der Waals surface area (Å²) >= 11 is 0. The molecule has 2 aliphatic heterocycles. The van der Waals surface area contributed by atoms with Crippen molar-refractivity contribution in [3.05, 3.63) is 52.7 Å².